The van der Waals surface area contributed by atoms with Gasteiger partial charge in [-0.3, -0.25) is 19.1 Å². The van der Waals surface area contributed by atoms with Crippen LogP contribution >= 0.6 is 0 Å². The third-order valence-electron chi connectivity index (χ3n) is 5.62. The van der Waals surface area contributed by atoms with E-state index in [2.05, 4.69) is 15.6 Å². The van der Waals surface area contributed by atoms with Gasteiger partial charge in [-0.2, -0.15) is 0 Å². The summed E-state index contributed by atoms with van der Waals surface area (Å²) in [7, 11) is 1.63. The maximum absolute atomic E-state index is 13.5. The number of carbonyl (C=O) groups excluding carboxylic acids is 1. The number of halogens is 1. The average Bonchev–Trinajstić information content (AvgIpc) is 2.86. The number of carbonyl (C=O) groups is 1. The number of aromatic nitrogens is 3. The summed E-state index contributed by atoms with van der Waals surface area (Å²) in [5.74, 6) is -0.167. The van der Waals surface area contributed by atoms with E-state index < -0.39 is 0 Å². The van der Waals surface area contributed by atoms with Crippen molar-refractivity contribution in [2.45, 2.75) is 19.4 Å². The maximum Gasteiger partial charge on any atom is 0.263 e. The molecule has 0 saturated heterocycles. The van der Waals surface area contributed by atoms with Gasteiger partial charge in [-0.15, -0.1) is 0 Å². The molecule has 4 rings (SSSR count). The van der Waals surface area contributed by atoms with Crippen molar-refractivity contribution >= 4 is 11.9 Å². The number of anilines is 1. The highest BCUT2D eigenvalue weighted by atomic mass is 19.1. The summed E-state index contributed by atoms with van der Waals surface area (Å²) >= 11 is 0. The van der Waals surface area contributed by atoms with E-state index in [1.165, 1.54) is 23.6 Å². The number of nitrogens with zero attached hydrogens (tertiary/aromatic N) is 3. The Morgan fingerprint density at radius 3 is 2.34 bits per heavy atom. The lowest BCUT2D eigenvalue weighted by Gasteiger charge is -2.21. The lowest BCUT2D eigenvalue weighted by molar-refractivity contribution is -0.119. The summed E-state index contributed by atoms with van der Waals surface area (Å²) in [4.78, 5) is 34.1. The Hall–Kier alpha value is -4.33. The molecular weight excluding hydrogens is 445 g/mol. The van der Waals surface area contributed by atoms with Crippen LogP contribution in [0.25, 0.3) is 22.4 Å². The summed E-state index contributed by atoms with van der Waals surface area (Å²) in [5, 5.41) is 6.20. The third kappa shape index (κ3) is 5.78. The van der Waals surface area contributed by atoms with Crippen LogP contribution in [-0.2, 0) is 18.3 Å². The summed E-state index contributed by atoms with van der Waals surface area (Å²) in [5.41, 5.74) is 2.91. The van der Waals surface area contributed by atoms with E-state index in [9.17, 15) is 14.0 Å². The molecule has 7 nitrogen and oxygen atoms in total. The zero-order valence-electron chi connectivity index (χ0n) is 19.5. The van der Waals surface area contributed by atoms with Gasteiger partial charge in [-0.25, -0.2) is 9.37 Å². The van der Waals surface area contributed by atoms with Crippen molar-refractivity contribution in [2.24, 2.45) is 7.05 Å². The van der Waals surface area contributed by atoms with Crippen LogP contribution in [0.15, 0.2) is 83.9 Å². The molecule has 1 atom stereocenters. The van der Waals surface area contributed by atoms with Crippen LogP contribution in [0, 0.1) is 5.82 Å². The fraction of sp³-hybridized carbons (Fsp3) is 0.185. The van der Waals surface area contributed by atoms with E-state index in [1.54, 1.807) is 43.7 Å². The summed E-state index contributed by atoms with van der Waals surface area (Å²) in [6.07, 6.45) is 3.87. The van der Waals surface area contributed by atoms with Gasteiger partial charge in [-0.1, -0.05) is 42.5 Å². The molecule has 2 N–H and O–H groups in total. The van der Waals surface area contributed by atoms with Crippen molar-refractivity contribution < 1.29 is 9.18 Å². The minimum absolute atomic E-state index is 0.140. The number of nitrogens with one attached hydrogen (secondary N) is 2. The van der Waals surface area contributed by atoms with Gasteiger partial charge in [0.1, 0.15) is 5.82 Å². The first-order chi connectivity index (χ1) is 16.9. The second-order valence-corrected chi connectivity index (χ2v) is 8.23. The number of hydrogen-bond acceptors (Lipinski definition) is 5. The zero-order valence-corrected chi connectivity index (χ0v) is 19.5. The third-order valence-corrected chi connectivity index (χ3v) is 5.62. The lowest BCUT2D eigenvalue weighted by atomic mass is 10.0. The molecule has 0 spiro atoms. The van der Waals surface area contributed by atoms with Crippen LogP contribution < -0.4 is 16.2 Å². The van der Waals surface area contributed by atoms with E-state index in [0.29, 0.717) is 41.3 Å². The molecule has 2 heterocycles. The molecule has 2 aromatic heterocycles. The van der Waals surface area contributed by atoms with E-state index >= 15 is 0 Å². The predicted octanol–water partition coefficient (Wildman–Crippen LogP) is 3.81. The molecule has 0 bridgehead atoms. The Bertz CT molecular complexity index is 1360. The van der Waals surface area contributed by atoms with Gasteiger partial charge in [0.15, 0.2) is 0 Å². The first kappa shape index (κ1) is 23.8. The van der Waals surface area contributed by atoms with Gasteiger partial charge >= 0.3 is 0 Å². The van der Waals surface area contributed by atoms with Gasteiger partial charge in [0.05, 0.1) is 17.3 Å². The fourth-order valence-corrected chi connectivity index (χ4v) is 3.93. The van der Waals surface area contributed by atoms with Crippen molar-refractivity contribution in [3.05, 3.63) is 101 Å². The normalized spacial score (nSPS) is 11.6. The molecule has 2 aromatic carbocycles. The van der Waals surface area contributed by atoms with Crippen LogP contribution in [0.3, 0.4) is 0 Å². The monoisotopic (exact) mass is 471 g/mol. The van der Waals surface area contributed by atoms with E-state index in [-0.39, 0.29) is 23.3 Å². The van der Waals surface area contributed by atoms with Crippen LogP contribution in [0.1, 0.15) is 12.5 Å². The molecule has 0 saturated carbocycles. The number of rotatable bonds is 8. The number of benzene rings is 2. The molecule has 0 radical (unpaired) electrons. The molecular formula is C27H26FN5O2. The summed E-state index contributed by atoms with van der Waals surface area (Å²) < 4.78 is 15.0. The highest BCUT2D eigenvalue weighted by Crippen LogP contribution is 2.28. The fourth-order valence-electron chi connectivity index (χ4n) is 3.93. The van der Waals surface area contributed by atoms with Crippen LogP contribution in [0.4, 0.5) is 10.3 Å². The zero-order chi connectivity index (χ0) is 24.8. The molecule has 35 heavy (non-hydrogen) atoms. The molecule has 0 aliphatic rings. The molecule has 0 aliphatic carbocycles. The van der Waals surface area contributed by atoms with Crippen LogP contribution in [0.5, 0.6) is 0 Å². The number of amides is 1. The van der Waals surface area contributed by atoms with Crippen molar-refractivity contribution in [2.75, 3.05) is 11.9 Å². The summed E-state index contributed by atoms with van der Waals surface area (Å²) in [6, 6.07) is 19.0. The van der Waals surface area contributed by atoms with Crippen molar-refractivity contribution in [3.8, 4) is 22.4 Å². The van der Waals surface area contributed by atoms with E-state index in [1.807, 2.05) is 30.3 Å². The highest BCUT2D eigenvalue weighted by Gasteiger charge is 2.19. The van der Waals surface area contributed by atoms with Crippen LogP contribution in [0.2, 0.25) is 0 Å². The van der Waals surface area contributed by atoms with Crippen molar-refractivity contribution in [1.29, 1.82) is 0 Å². The molecule has 0 aliphatic heterocycles. The summed E-state index contributed by atoms with van der Waals surface area (Å²) in [6.45, 7) is 1.84. The first-order valence-corrected chi connectivity index (χ1v) is 11.2. The van der Waals surface area contributed by atoms with Crippen molar-refractivity contribution in [1.82, 2.24) is 19.9 Å². The van der Waals surface area contributed by atoms with E-state index in [4.69, 9.17) is 4.98 Å². The Morgan fingerprint density at radius 1 is 1.00 bits per heavy atom. The Morgan fingerprint density at radius 2 is 1.69 bits per heavy atom. The van der Waals surface area contributed by atoms with E-state index in [0.717, 1.165) is 5.56 Å². The molecule has 4 aromatic rings. The minimum Gasteiger partial charge on any atom is -0.353 e. The van der Waals surface area contributed by atoms with Gasteiger partial charge in [0, 0.05) is 38.5 Å². The topological polar surface area (TPSA) is 88.9 Å². The van der Waals surface area contributed by atoms with Gasteiger partial charge in [0.2, 0.25) is 11.9 Å². The van der Waals surface area contributed by atoms with Gasteiger partial charge < -0.3 is 10.6 Å². The number of pyridine rings is 1. The van der Waals surface area contributed by atoms with Gasteiger partial charge in [-0.05, 0) is 41.8 Å². The molecule has 0 unspecified atom stereocenters. The largest absolute Gasteiger partial charge is 0.353 e. The lowest BCUT2D eigenvalue weighted by Crippen LogP contribution is -2.41. The SMILES string of the molecule is CC(=O)N[C@H](CNc1nc(-c2ccncc2)c(-c2ccc(F)cc2)c(=O)n1C)Cc1ccccc1. The quantitative estimate of drug-likeness (QED) is 0.408. The highest BCUT2D eigenvalue weighted by molar-refractivity contribution is 5.80. The number of hydrogen-bond donors (Lipinski definition) is 2. The predicted molar refractivity (Wildman–Crippen MR) is 134 cm³/mol. The molecule has 8 heteroatoms. The molecule has 178 valence electrons. The maximum atomic E-state index is 13.5. The first-order valence-electron chi connectivity index (χ1n) is 11.2. The Labute approximate surface area is 202 Å². The van der Waals surface area contributed by atoms with Crippen LogP contribution in [-0.4, -0.2) is 33.0 Å². The Kier molecular flexibility index (Phi) is 7.30. The standard InChI is InChI=1S/C27H26FN5O2/c1-18(34)31-23(16-19-6-4-3-5-7-19)17-30-27-32-25(21-12-14-29-15-13-21)24(26(35)33(27)2)20-8-10-22(28)11-9-20/h3-15,23H,16-17H2,1-2H3,(H,30,32)(H,31,34)/t23-/m0/s1. The Balaban J connectivity index is 1.71. The molecule has 0 fully saturated rings. The van der Waals surface area contributed by atoms with Gasteiger partial charge in [0.25, 0.3) is 5.56 Å². The second-order valence-electron chi connectivity index (χ2n) is 8.23. The smallest absolute Gasteiger partial charge is 0.263 e. The minimum atomic E-state index is -0.385. The average molecular weight is 472 g/mol. The second kappa shape index (κ2) is 10.7. The molecule has 1 amide bonds. The van der Waals surface area contributed by atoms with Crippen molar-refractivity contribution in [3.63, 3.8) is 0 Å².